The minimum Gasteiger partial charge on any atom is -0.337 e. The number of thioether (sulfide) groups is 1. The Hall–Kier alpha value is -2.01. The van der Waals surface area contributed by atoms with E-state index in [2.05, 4.69) is 34.7 Å². The number of rotatable bonds is 6. The lowest BCUT2D eigenvalue weighted by Gasteiger charge is -2.16. The van der Waals surface area contributed by atoms with Crippen molar-refractivity contribution >= 4 is 17.8 Å². The first-order valence-electron chi connectivity index (χ1n) is 7.32. The van der Waals surface area contributed by atoms with Crippen LogP contribution in [-0.4, -0.2) is 22.8 Å². The molecule has 0 saturated carbocycles. The van der Waals surface area contributed by atoms with E-state index in [0.29, 0.717) is 11.8 Å². The summed E-state index contributed by atoms with van der Waals surface area (Å²) in [6.45, 7) is 4.63. The van der Waals surface area contributed by atoms with Crippen LogP contribution in [0.1, 0.15) is 25.6 Å². The van der Waals surface area contributed by atoms with Crippen LogP contribution in [0.25, 0.3) is 0 Å². The van der Waals surface area contributed by atoms with E-state index in [0.717, 1.165) is 5.69 Å². The van der Waals surface area contributed by atoms with Crippen molar-refractivity contribution < 1.29 is 4.79 Å². The number of carbonyl (C=O) groups is 1. The van der Waals surface area contributed by atoms with Gasteiger partial charge in [0.25, 0.3) is 0 Å². The first kappa shape index (κ1) is 16.4. The zero-order chi connectivity index (χ0) is 15.8. The molecule has 22 heavy (non-hydrogen) atoms. The molecule has 0 radical (unpaired) electrons. The number of aromatic nitrogens is 1. The first-order chi connectivity index (χ1) is 10.6. The van der Waals surface area contributed by atoms with Gasteiger partial charge in [-0.25, -0.2) is 4.79 Å². The van der Waals surface area contributed by atoms with Gasteiger partial charge in [-0.1, -0.05) is 31.2 Å². The van der Waals surface area contributed by atoms with Crippen LogP contribution >= 0.6 is 11.8 Å². The van der Waals surface area contributed by atoms with Gasteiger partial charge in [0.15, 0.2) is 0 Å². The number of pyridine rings is 1. The molecule has 116 valence electrons. The van der Waals surface area contributed by atoms with Crippen LogP contribution in [0.5, 0.6) is 0 Å². The number of carbonyl (C=O) groups excluding carboxylic acids is 1. The van der Waals surface area contributed by atoms with E-state index in [1.54, 1.807) is 18.0 Å². The highest BCUT2D eigenvalue weighted by molar-refractivity contribution is 8.00. The summed E-state index contributed by atoms with van der Waals surface area (Å²) in [7, 11) is 0. The van der Waals surface area contributed by atoms with Crippen molar-refractivity contribution in [1.29, 1.82) is 0 Å². The lowest BCUT2D eigenvalue weighted by atomic mass is 10.2. The summed E-state index contributed by atoms with van der Waals surface area (Å²) in [5.41, 5.74) is 0.851. The molecule has 0 aliphatic rings. The van der Waals surface area contributed by atoms with Crippen LogP contribution in [0.2, 0.25) is 0 Å². The minimum absolute atomic E-state index is 0.113. The van der Waals surface area contributed by atoms with Crippen LogP contribution in [0.4, 0.5) is 4.79 Å². The fourth-order valence-electron chi connectivity index (χ4n) is 1.96. The number of hydrogen-bond acceptors (Lipinski definition) is 3. The fraction of sp³-hybridized carbons (Fsp3) is 0.294. The highest BCUT2D eigenvalue weighted by Crippen LogP contribution is 2.21. The number of urea groups is 1. The van der Waals surface area contributed by atoms with Gasteiger partial charge in [0.2, 0.25) is 0 Å². The second-order valence-electron chi connectivity index (χ2n) is 5.07. The summed E-state index contributed by atoms with van der Waals surface area (Å²) in [4.78, 5) is 17.4. The van der Waals surface area contributed by atoms with E-state index in [9.17, 15) is 4.79 Å². The Kier molecular flexibility index (Phi) is 6.27. The molecule has 0 fully saturated rings. The number of amides is 2. The summed E-state index contributed by atoms with van der Waals surface area (Å²) in [5, 5.41) is 6.10. The Morgan fingerprint density at radius 2 is 1.86 bits per heavy atom. The van der Waals surface area contributed by atoms with Gasteiger partial charge in [0.05, 0.1) is 11.7 Å². The molecule has 0 spiro atoms. The largest absolute Gasteiger partial charge is 0.337 e. The molecule has 2 N–H and O–H groups in total. The molecule has 0 bridgehead atoms. The van der Waals surface area contributed by atoms with Gasteiger partial charge < -0.3 is 10.6 Å². The maximum Gasteiger partial charge on any atom is 0.315 e. The SMILES string of the molecule is C[C@H](NC(=O)NC[C@H](C)Sc1ccccc1)c1ccccn1. The van der Waals surface area contributed by atoms with E-state index in [1.807, 2.05) is 43.3 Å². The quantitative estimate of drug-likeness (QED) is 0.801. The minimum atomic E-state index is -0.168. The zero-order valence-corrected chi connectivity index (χ0v) is 13.6. The van der Waals surface area contributed by atoms with Crippen molar-refractivity contribution in [3.05, 3.63) is 60.4 Å². The van der Waals surface area contributed by atoms with Crippen LogP contribution < -0.4 is 10.6 Å². The summed E-state index contributed by atoms with van der Waals surface area (Å²) in [6.07, 6.45) is 1.73. The lowest BCUT2D eigenvalue weighted by molar-refractivity contribution is 0.238. The van der Waals surface area contributed by atoms with Gasteiger partial charge in [-0.05, 0) is 31.2 Å². The number of nitrogens with one attached hydrogen (secondary N) is 2. The van der Waals surface area contributed by atoms with E-state index >= 15 is 0 Å². The molecule has 4 nitrogen and oxygen atoms in total. The number of nitrogens with zero attached hydrogens (tertiary/aromatic N) is 1. The predicted molar refractivity (Wildman–Crippen MR) is 90.9 cm³/mol. The predicted octanol–water partition coefficient (Wildman–Crippen LogP) is 3.62. The molecule has 5 heteroatoms. The van der Waals surface area contributed by atoms with Crippen LogP contribution in [0, 0.1) is 0 Å². The lowest BCUT2D eigenvalue weighted by Crippen LogP contribution is -2.39. The Bertz CT molecular complexity index is 577. The molecular weight excluding hydrogens is 294 g/mol. The summed E-state index contributed by atoms with van der Waals surface area (Å²) in [6, 6.07) is 15.6. The normalized spacial score (nSPS) is 13.2. The molecule has 2 amide bonds. The van der Waals surface area contributed by atoms with Gasteiger partial charge in [-0.3, -0.25) is 4.98 Å². The molecule has 1 heterocycles. The maximum absolute atomic E-state index is 11.9. The fourth-order valence-corrected chi connectivity index (χ4v) is 2.91. The molecule has 0 unspecified atom stereocenters. The smallest absolute Gasteiger partial charge is 0.315 e. The van der Waals surface area contributed by atoms with Gasteiger partial charge >= 0.3 is 6.03 Å². The monoisotopic (exact) mass is 315 g/mol. The van der Waals surface area contributed by atoms with Gasteiger partial charge in [0, 0.05) is 22.9 Å². The second kappa shape index (κ2) is 8.44. The summed E-state index contributed by atoms with van der Waals surface area (Å²) < 4.78 is 0. The van der Waals surface area contributed by atoms with Crippen LogP contribution in [-0.2, 0) is 0 Å². The van der Waals surface area contributed by atoms with Crippen LogP contribution in [0.15, 0.2) is 59.6 Å². The van der Waals surface area contributed by atoms with E-state index in [1.165, 1.54) is 4.90 Å². The molecule has 0 saturated heterocycles. The van der Waals surface area contributed by atoms with Gasteiger partial charge in [-0.15, -0.1) is 11.8 Å². The highest BCUT2D eigenvalue weighted by Gasteiger charge is 2.11. The Morgan fingerprint density at radius 3 is 2.55 bits per heavy atom. The Labute approximate surface area is 135 Å². The molecular formula is C17H21N3OS. The highest BCUT2D eigenvalue weighted by atomic mass is 32.2. The van der Waals surface area contributed by atoms with Gasteiger partial charge in [0.1, 0.15) is 0 Å². The molecule has 1 aromatic heterocycles. The van der Waals surface area contributed by atoms with Gasteiger partial charge in [-0.2, -0.15) is 0 Å². The van der Waals surface area contributed by atoms with E-state index in [4.69, 9.17) is 0 Å². The zero-order valence-electron chi connectivity index (χ0n) is 12.8. The standard InChI is InChI=1S/C17H21N3OS/c1-13(22-15-8-4-3-5-9-15)12-19-17(21)20-14(2)16-10-6-7-11-18-16/h3-11,13-14H,12H2,1-2H3,(H2,19,20,21)/t13-,14-/m0/s1. The van der Waals surface area contributed by atoms with Crippen molar-refractivity contribution in [2.75, 3.05) is 6.54 Å². The third-order valence-electron chi connectivity index (χ3n) is 3.11. The van der Waals surface area contributed by atoms with E-state index in [-0.39, 0.29) is 12.1 Å². The first-order valence-corrected chi connectivity index (χ1v) is 8.20. The average molecular weight is 315 g/mol. The third-order valence-corrected chi connectivity index (χ3v) is 4.22. The number of benzene rings is 1. The molecule has 2 atom stereocenters. The molecule has 1 aromatic carbocycles. The molecule has 0 aliphatic heterocycles. The van der Waals surface area contributed by atoms with Crippen molar-refractivity contribution in [2.45, 2.75) is 30.0 Å². The molecule has 2 aromatic rings. The van der Waals surface area contributed by atoms with Crippen molar-refractivity contribution in [3.63, 3.8) is 0 Å². The Balaban J connectivity index is 1.73. The summed E-state index contributed by atoms with van der Waals surface area (Å²) >= 11 is 1.75. The van der Waals surface area contributed by atoms with Crippen molar-refractivity contribution in [3.8, 4) is 0 Å². The van der Waals surface area contributed by atoms with Crippen molar-refractivity contribution in [1.82, 2.24) is 15.6 Å². The second-order valence-corrected chi connectivity index (χ2v) is 6.58. The molecule has 2 rings (SSSR count). The average Bonchev–Trinajstić information content (AvgIpc) is 2.55. The molecule has 0 aliphatic carbocycles. The summed E-state index contributed by atoms with van der Waals surface area (Å²) in [5.74, 6) is 0. The maximum atomic E-state index is 11.9. The van der Waals surface area contributed by atoms with Crippen molar-refractivity contribution in [2.24, 2.45) is 0 Å². The van der Waals surface area contributed by atoms with Crippen LogP contribution in [0.3, 0.4) is 0 Å². The van der Waals surface area contributed by atoms with E-state index < -0.39 is 0 Å². The number of hydrogen-bond donors (Lipinski definition) is 2. The third kappa shape index (κ3) is 5.41. The topological polar surface area (TPSA) is 54.0 Å². The Morgan fingerprint density at radius 1 is 1.14 bits per heavy atom.